The lowest BCUT2D eigenvalue weighted by atomic mass is 9.87. The van der Waals surface area contributed by atoms with E-state index >= 15 is 0 Å². The van der Waals surface area contributed by atoms with Crippen molar-refractivity contribution in [1.29, 1.82) is 0 Å². The molecule has 1 saturated carbocycles. The van der Waals surface area contributed by atoms with Gasteiger partial charge in [-0.2, -0.15) is 0 Å². The van der Waals surface area contributed by atoms with Crippen LogP contribution in [-0.4, -0.2) is 43.3 Å². The van der Waals surface area contributed by atoms with Crippen molar-refractivity contribution in [2.24, 2.45) is 11.1 Å². The molecule has 82 valence electrons. The molecule has 2 fully saturated rings. The van der Waals surface area contributed by atoms with Crippen molar-refractivity contribution in [1.82, 2.24) is 4.90 Å². The molecule has 2 N–H and O–H groups in total. The van der Waals surface area contributed by atoms with Crippen LogP contribution in [0.1, 0.15) is 26.7 Å². The number of rotatable bonds is 1. The van der Waals surface area contributed by atoms with Crippen molar-refractivity contribution in [2.45, 2.75) is 38.8 Å². The van der Waals surface area contributed by atoms with Crippen LogP contribution in [0.25, 0.3) is 0 Å². The Hall–Kier alpha value is -0.120. The quantitative estimate of drug-likeness (QED) is 0.678. The predicted molar refractivity (Wildman–Crippen MR) is 57.2 cm³/mol. The van der Waals surface area contributed by atoms with E-state index in [0.717, 1.165) is 26.3 Å². The molecule has 0 aromatic rings. The first-order valence-electron chi connectivity index (χ1n) is 5.69. The summed E-state index contributed by atoms with van der Waals surface area (Å²) in [6, 6.07) is 0.925. The molecule has 2 unspecified atom stereocenters. The van der Waals surface area contributed by atoms with Crippen LogP contribution in [-0.2, 0) is 4.74 Å². The molecule has 0 aromatic heterocycles. The number of morpholine rings is 1. The molecular weight excluding hydrogens is 176 g/mol. The van der Waals surface area contributed by atoms with Crippen LogP contribution in [0.15, 0.2) is 0 Å². The molecule has 2 aliphatic rings. The van der Waals surface area contributed by atoms with Gasteiger partial charge in [0.2, 0.25) is 0 Å². The van der Waals surface area contributed by atoms with Gasteiger partial charge in [-0.3, -0.25) is 4.90 Å². The van der Waals surface area contributed by atoms with Crippen LogP contribution in [0, 0.1) is 5.41 Å². The van der Waals surface area contributed by atoms with E-state index in [1.165, 1.54) is 12.8 Å². The topological polar surface area (TPSA) is 38.5 Å². The second-order valence-electron chi connectivity index (χ2n) is 5.27. The van der Waals surface area contributed by atoms with Crippen LogP contribution in [0.4, 0.5) is 0 Å². The maximum atomic E-state index is 6.31. The Labute approximate surface area is 86.6 Å². The number of hydrogen-bond donors (Lipinski definition) is 1. The Morgan fingerprint density at radius 2 is 1.93 bits per heavy atom. The van der Waals surface area contributed by atoms with E-state index in [1.54, 1.807) is 0 Å². The highest BCUT2D eigenvalue weighted by molar-refractivity contribution is 4.99. The number of ether oxygens (including phenoxy) is 1. The zero-order valence-electron chi connectivity index (χ0n) is 9.33. The molecule has 0 spiro atoms. The van der Waals surface area contributed by atoms with E-state index in [4.69, 9.17) is 10.5 Å². The van der Waals surface area contributed by atoms with Crippen LogP contribution >= 0.6 is 0 Å². The maximum absolute atomic E-state index is 6.31. The summed E-state index contributed by atoms with van der Waals surface area (Å²) in [7, 11) is 0. The smallest absolute Gasteiger partial charge is 0.0594 e. The van der Waals surface area contributed by atoms with Gasteiger partial charge in [0.25, 0.3) is 0 Å². The second kappa shape index (κ2) is 3.80. The SMILES string of the molecule is CC1(C)CCC(N2CCOCC2)C1N. The highest BCUT2D eigenvalue weighted by Gasteiger charge is 2.42. The first-order valence-corrected chi connectivity index (χ1v) is 5.69. The minimum absolute atomic E-state index is 0.322. The third-order valence-corrected chi connectivity index (χ3v) is 3.92. The lowest BCUT2D eigenvalue weighted by Crippen LogP contribution is -2.52. The fourth-order valence-electron chi connectivity index (χ4n) is 2.71. The average molecular weight is 198 g/mol. The van der Waals surface area contributed by atoms with Gasteiger partial charge in [-0.25, -0.2) is 0 Å². The molecule has 14 heavy (non-hydrogen) atoms. The van der Waals surface area contributed by atoms with E-state index in [-0.39, 0.29) is 0 Å². The number of nitrogens with two attached hydrogens (primary N) is 1. The van der Waals surface area contributed by atoms with E-state index in [9.17, 15) is 0 Å². The van der Waals surface area contributed by atoms with Gasteiger partial charge in [-0.15, -0.1) is 0 Å². The lowest BCUT2D eigenvalue weighted by molar-refractivity contribution is 0.0118. The molecule has 2 atom stereocenters. The van der Waals surface area contributed by atoms with Crippen LogP contribution in [0.5, 0.6) is 0 Å². The Morgan fingerprint density at radius 1 is 1.29 bits per heavy atom. The number of nitrogens with zero attached hydrogens (tertiary/aromatic N) is 1. The van der Waals surface area contributed by atoms with Gasteiger partial charge in [0.15, 0.2) is 0 Å². The molecule has 1 aliphatic carbocycles. The van der Waals surface area contributed by atoms with Gasteiger partial charge in [0, 0.05) is 25.2 Å². The van der Waals surface area contributed by atoms with E-state index < -0.39 is 0 Å². The monoisotopic (exact) mass is 198 g/mol. The van der Waals surface area contributed by atoms with Crippen molar-refractivity contribution >= 4 is 0 Å². The molecule has 1 heterocycles. The van der Waals surface area contributed by atoms with Gasteiger partial charge in [-0.05, 0) is 18.3 Å². The lowest BCUT2D eigenvalue weighted by Gasteiger charge is -2.37. The third kappa shape index (κ3) is 1.81. The fraction of sp³-hybridized carbons (Fsp3) is 1.00. The summed E-state index contributed by atoms with van der Waals surface area (Å²) in [5, 5.41) is 0. The zero-order valence-corrected chi connectivity index (χ0v) is 9.33. The molecule has 3 nitrogen and oxygen atoms in total. The summed E-state index contributed by atoms with van der Waals surface area (Å²) in [6.45, 7) is 8.46. The molecule has 2 rings (SSSR count). The van der Waals surface area contributed by atoms with Gasteiger partial charge in [0.1, 0.15) is 0 Å². The van der Waals surface area contributed by atoms with Crippen molar-refractivity contribution in [3.63, 3.8) is 0 Å². The summed E-state index contributed by atoms with van der Waals surface area (Å²) in [5.41, 5.74) is 6.63. The maximum Gasteiger partial charge on any atom is 0.0594 e. The first-order chi connectivity index (χ1) is 6.61. The zero-order chi connectivity index (χ0) is 10.2. The van der Waals surface area contributed by atoms with Gasteiger partial charge >= 0.3 is 0 Å². The van der Waals surface area contributed by atoms with Crippen molar-refractivity contribution in [3.8, 4) is 0 Å². The molecule has 0 radical (unpaired) electrons. The van der Waals surface area contributed by atoms with E-state index in [1.807, 2.05) is 0 Å². The molecule has 0 bridgehead atoms. The fourth-order valence-corrected chi connectivity index (χ4v) is 2.71. The molecule has 3 heteroatoms. The summed E-state index contributed by atoms with van der Waals surface area (Å²) >= 11 is 0. The Balaban J connectivity index is 1.98. The minimum Gasteiger partial charge on any atom is -0.379 e. The summed E-state index contributed by atoms with van der Waals surface area (Å²) in [5.74, 6) is 0. The molecule has 1 saturated heterocycles. The first kappa shape index (κ1) is 10.4. The average Bonchev–Trinajstić information content (AvgIpc) is 2.44. The molecule has 0 aromatic carbocycles. The molecule has 0 amide bonds. The van der Waals surface area contributed by atoms with Crippen molar-refractivity contribution in [3.05, 3.63) is 0 Å². The van der Waals surface area contributed by atoms with Crippen molar-refractivity contribution < 1.29 is 4.74 Å². The predicted octanol–water partition coefficient (Wildman–Crippen LogP) is 0.835. The standard InChI is InChI=1S/C11H22N2O/c1-11(2)4-3-9(10(11)12)13-5-7-14-8-6-13/h9-10H,3-8,12H2,1-2H3. The number of hydrogen-bond acceptors (Lipinski definition) is 3. The summed E-state index contributed by atoms with van der Waals surface area (Å²) in [4.78, 5) is 2.52. The van der Waals surface area contributed by atoms with Crippen LogP contribution in [0.2, 0.25) is 0 Å². The van der Waals surface area contributed by atoms with Gasteiger partial charge in [-0.1, -0.05) is 13.8 Å². The Morgan fingerprint density at radius 3 is 2.43 bits per heavy atom. The summed E-state index contributed by atoms with van der Waals surface area (Å²) < 4.78 is 5.36. The largest absolute Gasteiger partial charge is 0.379 e. The van der Waals surface area contributed by atoms with Gasteiger partial charge < -0.3 is 10.5 Å². The third-order valence-electron chi connectivity index (χ3n) is 3.92. The summed E-state index contributed by atoms with van der Waals surface area (Å²) in [6.07, 6.45) is 2.52. The van der Waals surface area contributed by atoms with Gasteiger partial charge in [0.05, 0.1) is 13.2 Å². The van der Waals surface area contributed by atoms with E-state index in [0.29, 0.717) is 17.5 Å². The van der Waals surface area contributed by atoms with Crippen molar-refractivity contribution in [2.75, 3.05) is 26.3 Å². The second-order valence-corrected chi connectivity index (χ2v) is 5.27. The Kier molecular flexibility index (Phi) is 2.82. The molecular formula is C11H22N2O. The molecule has 1 aliphatic heterocycles. The highest BCUT2D eigenvalue weighted by atomic mass is 16.5. The van der Waals surface area contributed by atoms with Crippen LogP contribution < -0.4 is 5.73 Å². The van der Waals surface area contributed by atoms with E-state index in [2.05, 4.69) is 18.7 Å². The minimum atomic E-state index is 0.322. The van der Waals surface area contributed by atoms with Crippen LogP contribution in [0.3, 0.4) is 0 Å². The highest BCUT2D eigenvalue weighted by Crippen LogP contribution is 2.38. The Bertz CT molecular complexity index is 199. The normalized spacial score (nSPS) is 38.8.